The summed E-state index contributed by atoms with van der Waals surface area (Å²) in [5, 5.41) is 7.57. The predicted octanol–water partition coefficient (Wildman–Crippen LogP) is 1.06. The van der Waals surface area contributed by atoms with Crippen molar-refractivity contribution in [2.45, 2.75) is 31.1 Å². The molecule has 0 bridgehead atoms. The number of nitrogens with one attached hydrogen (secondary N) is 2. The molecule has 2 rings (SSSR count). The second-order valence-corrected chi connectivity index (χ2v) is 5.61. The van der Waals surface area contributed by atoms with Crippen LogP contribution in [0, 0.1) is 0 Å². The number of thioether (sulfide) groups is 1. The van der Waals surface area contributed by atoms with Gasteiger partial charge in [-0.25, -0.2) is 9.97 Å². The molecule has 0 spiro atoms. The Kier molecular flexibility index (Phi) is 6.56. The van der Waals surface area contributed by atoms with E-state index in [2.05, 4.69) is 27.5 Å². The second-order valence-electron chi connectivity index (χ2n) is 4.55. The summed E-state index contributed by atoms with van der Waals surface area (Å²) in [4.78, 5) is 8.70. The van der Waals surface area contributed by atoms with Gasteiger partial charge in [0.05, 0.1) is 12.7 Å². The van der Waals surface area contributed by atoms with Crippen LogP contribution in [0.4, 0.5) is 0 Å². The van der Waals surface area contributed by atoms with E-state index in [-0.39, 0.29) is 6.10 Å². The van der Waals surface area contributed by atoms with Crippen LogP contribution in [0.5, 0.6) is 0 Å². The Morgan fingerprint density at radius 1 is 1.47 bits per heavy atom. The van der Waals surface area contributed by atoms with Gasteiger partial charge in [-0.3, -0.25) is 0 Å². The Bertz CT molecular complexity index is 354. The quantitative estimate of drug-likeness (QED) is 0.576. The zero-order valence-electron chi connectivity index (χ0n) is 11.4. The molecule has 5 nitrogen and oxygen atoms in total. The number of hydrogen-bond acceptors (Lipinski definition) is 6. The van der Waals surface area contributed by atoms with Crippen molar-refractivity contribution in [3.8, 4) is 0 Å². The van der Waals surface area contributed by atoms with Crippen molar-refractivity contribution in [1.29, 1.82) is 0 Å². The summed E-state index contributed by atoms with van der Waals surface area (Å²) in [5.41, 5.74) is 1.12. The van der Waals surface area contributed by atoms with Gasteiger partial charge in [0.15, 0.2) is 5.16 Å². The third-order valence-electron chi connectivity index (χ3n) is 2.82. The van der Waals surface area contributed by atoms with E-state index in [4.69, 9.17) is 4.74 Å². The summed E-state index contributed by atoms with van der Waals surface area (Å²) in [6.07, 6.45) is 5.22. The minimum Gasteiger partial charge on any atom is -0.374 e. The summed E-state index contributed by atoms with van der Waals surface area (Å²) >= 11 is 1.70. The van der Waals surface area contributed by atoms with E-state index in [9.17, 15) is 0 Å². The lowest BCUT2D eigenvalue weighted by atomic mass is 10.3. The lowest BCUT2D eigenvalue weighted by molar-refractivity contribution is 0.0290. The largest absolute Gasteiger partial charge is 0.374 e. The number of hydrogen-bond donors (Lipinski definition) is 2. The highest BCUT2D eigenvalue weighted by Gasteiger charge is 2.12. The highest BCUT2D eigenvalue weighted by Crippen LogP contribution is 2.12. The monoisotopic (exact) mass is 282 g/mol. The highest BCUT2D eigenvalue weighted by molar-refractivity contribution is 7.99. The Morgan fingerprint density at radius 2 is 2.32 bits per heavy atom. The van der Waals surface area contributed by atoms with Crippen LogP contribution in [0.1, 0.15) is 18.9 Å². The smallest absolute Gasteiger partial charge is 0.187 e. The Morgan fingerprint density at radius 3 is 3.00 bits per heavy atom. The first kappa shape index (κ1) is 14.7. The minimum atomic E-state index is 0.272. The van der Waals surface area contributed by atoms with Crippen LogP contribution in [0.25, 0.3) is 0 Å². The summed E-state index contributed by atoms with van der Waals surface area (Å²) in [6.45, 7) is 6.50. The molecule has 1 saturated heterocycles. The van der Waals surface area contributed by atoms with Crippen LogP contribution in [0.2, 0.25) is 0 Å². The summed E-state index contributed by atoms with van der Waals surface area (Å²) in [6, 6.07) is 0. The molecule has 1 aromatic heterocycles. The molecule has 0 radical (unpaired) electrons. The number of morpholine rings is 1. The summed E-state index contributed by atoms with van der Waals surface area (Å²) < 4.78 is 5.62. The van der Waals surface area contributed by atoms with E-state index in [0.29, 0.717) is 0 Å². The van der Waals surface area contributed by atoms with Crippen LogP contribution in [0.3, 0.4) is 0 Å². The van der Waals surface area contributed by atoms with E-state index in [1.165, 1.54) is 0 Å². The summed E-state index contributed by atoms with van der Waals surface area (Å²) in [5.74, 6) is 1.07. The Hall–Kier alpha value is -0.690. The topological polar surface area (TPSA) is 59.1 Å². The average molecular weight is 282 g/mol. The minimum absolute atomic E-state index is 0.272. The van der Waals surface area contributed by atoms with Gasteiger partial charge in [0.1, 0.15) is 0 Å². The fraction of sp³-hybridized carbons (Fsp3) is 0.692. The van der Waals surface area contributed by atoms with Crippen LogP contribution in [0.15, 0.2) is 17.6 Å². The first-order valence-electron chi connectivity index (χ1n) is 6.85. The van der Waals surface area contributed by atoms with Crippen molar-refractivity contribution in [2.75, 3.05) is 32.0 Å². The first-order chi connectivity index (χ1) is 9.38. The number of ether oxygens (including phenoxy) is 1. The Balaban J connectivity index is 1.67. The van der Waals surface area contributed by atoms with Crippen molar-refractivity contribution in [3.63, 3.8) is 0 Å². The predicted molar refractivity (Wildman–Crippen MR) is 77.4 cm³/mol. The highest BCUT2D eigenvalue weighted by atomic mass is 32.2. The first-order valence-corrected chi connectivity index (χ1v) is 7.84. The molecule has 1 atom stereocenters. The van der Waals surface area contributed by atoms with Crippen LogP contribution >= 0.6 is 11.8 Å². The molecular weight excluding hydrogens is 260 g/mol. The lowest BCUT2D eigenvalue weighted by Gasteiger charge is -2.23. The molecule has 0 unspecified atom stereocenters. The zero-order chi connectivity index (χ0) is 13.3. The van der Waals surface area contributed by atoms with Crippen molar-refractivity contribution < 1.29 is 4.74 Å². The molecular formula is C13H22N4OS. The van der Waals surface area contributed by atoms with Crippen LogP contribution in [-0.2, 0) is 11.3 Å². The zero-order valence-corrected chi connectivity index (χ0v) is 12.2. The van der Waals surface area contributed by atoms with E-state index >= 15 is 0 Å². The molecule has 106 valence electrons. The molecule has 1 aromatic rings. The maximum absolute atomic E-state index is 5.62. The maximum atomic E-state index is 5.62. The molecule has 2 N–H and O–H groups in total. The molecule has 19 heavy (non-hydrogen) atoms. The van der Waals surface area contributed by atoms with E-state index in [1.807, 2.05) is 12.4 Å². The van der Waals surface area contributed by atoms with E-state index in [0.717, 1.165) is 55.7 Å². The molecule has 2 heterocycles. The van der Waals surface area contributed by atoms with Gasteiger partial charge in [-0.15, -0.1) is 0 Å². The number of nitrogens with zero attached hydrogens (tertiary/aromatic N) is 2. The van der Waals surface area contributed by atoms with Gasteiger partial charge >= 0.3 is 0 Å². The molecule has 1 fully saturated rings. The molecule has 0 amide bonds. The molecule has 0 saturated carbocycles. The van der Waals surface area contributed by atoms with Gasteiger partial charge in [-0.1, -0.05) is 18.7 Å². The van der Waals surface area contributed by atoms with Gasteiger partial charge in [0.2, 0.25) is 0 Å². The van der Waals surface area contributed by atoms with E-state index in [1.54, 1.807) is 11.8 Å². The second kappa shape index (κ2) is 8.47. The van der Waals surface area contributed by atoms with Gasteiger partial charge in [0.25, 0.3) is 0 Å². The van der Waals surface area contributed by atoms with Gasteiger partial charge in [0, 0.05) is 49.9 Å². The van der Waals surface area contributed by atoms with Crippen LogP contribution < -0.4 is 10.6 Å². The van der Waals surface area contributed by atoms with E-state index < -0.39 is 0 Å². The van der Waals surface area contributed by atoms with Crippen molar-refractivity contribution in [3.05, 3.63) is 18.0 Å². The normalized spacial score (nSPS) is 19.5. The third kappa shape index (κ3) is 5.44. The SMILES string of the molecule is CCCSc1ncc(CNC[C@H]2CNCCO2)cn1. The summed E-state index contributed by atoms with van der Waals surface area (Å²) in [7, 11) is 0. The van der Waals surface area contributed by atoms with Crippen molar-refractivity contribution >= 4 is 11.8 Å². The van der Waals surface area contributed by atoms with Crippen molar-refractivity contribution in [2.24, 2.45) is 0 Å². The van der Waals surface area contributed by atoms with Crippen LogP contribution in [-0.4, -0.2) is 48.1 Å². The molecule has 6 heteroatoms. The maximum Gasteiger partial charge on any atom is 0.187 e. The fourth-order valence-corrected chi connectivity index (χ4v) is 2.47. The number of rotatable bonds is 7. The molecule has 0 aliphatic carbocycles. The fourth-order valence-electron chi connectivity index (χ4n) is 1.83. The number of aromatic nitrogens is 2. The molecule has 1 aliphatic heterocycles. The average Bonchev–Trinajstić information content (AvgIpc) is 2.47. The van der Waals surface area contributed by atoms with Crippen molar-refractivity contribution in [1.82, 2.24) is 20.6 Å². The molecule has 0 aromatic carbocycles. The lowest BCUT2D eigenvalue weighted by Crippen LogP contribution is -2.43. The third-order valence-corrected chi connectivity index (χ3v) is 3.90. The Labute approximate surface area is 118 Å². The van der Waals surface area contributed by atoms with Gasteiger partial charge < -0.3 is 15.4 Å². The van der Waals surface area contributed by atoms with Gasteiger partial charge in [-0.2, -0.15) is 0 Å². The van der Waals surface area contributed by atoms with Gasteiger partial charge in [-0.05, 0) is 6.42 Å². The standard InChI is InChI=1S/C13H22N4OS/c1-2-5-19-13-16-7-11(8-17-13)6-15-10-12-9-14-3-4-18-12/h7-8,12,14-15H,2-6,9-10H2,1H3/t12-/m1/s1. The molecule has 1 aliphatic rings.